The third kappa shape index (κ3) is 2.45. The van der Waals surface area contributed by atoms with Gasteiger partial charge in [0.15, 0.2) is 4.77 Å². The molecule has 0 unspecified atom stereocenters. The Morgan fingerprint density at radius 1 is 1.47 bits per heavy atom. The van der Waals surface area contributed by atoms with Crippen molar-refractivity contribution in [1.82, 2.24) is 9.55 Å². The van der Waals surface area contributed by atoms with E-state index in [1.54, 1.807) is 6.07 Å². The smallest absolute Gasteiger partial charge is 0.177 e. The fraction of sp³-hybridized carbons (Fsp3) is 0.231. The van der Waals surface area contributed by atoms with Gasteiger partial charge in [0.2, 0.25) is 0 Å². The van der Waals surface area contributed by atoms with Crippen molar-refractivity contribution in [2.75, 3.05) is 0 Å². The van der Waals surface area contributed by atoms with Gasteiger partial charge >= 0.3 is 0 Å². The van der Waals surface area contributed by atoms with Crippen molar-refractivity contribution in [3.63, 3.8) is 0 Å². The van der Waals surface area contributed by atoms with Gasteiger partial charge in [-0.2, -0.15) is 5.26 Å². The van der Waals surface area contributed by atoms with E-state index in [1.165, 1.54) is 5.69 Å². The summed E-state index contributed by atoms with van der Waals surface area (Å²) in [5.74, 6) is 0. The summed E-state index contributed by atoms with van der Waals surface area (Å²) in [4.78, 5) is 3.05. The lowest BCUT2D eigenvalue weighted by atomic mass is 10.1. The molecular weight excluding hydrogens is 230 g/mol. The second-order valence-corrected chi connectivity index (χ2v) is 4.22. The number of nitriles is 1. The van der Waals surface area contributed by atoms with Crippen molar-refractivity contribution >= 4 is 12.2 Å². The molecule has 0 aliphatic rings. The molecule has 86 valence electrons. The number of aromatic amines is 1. The molecule has 0 atom stereocenters. The van der Waals surface area contributed by atoms with Gasteiger partial charge in [0.1, 0.15) is 0 Å². The van der Waals surface area contributed by atoms with Gasteiger partial charge < -0.3 is 9.55 Å². The molecule has 0 aliphatic carbocycles. The van der Waals surface area contributed by atoms with Crippen LogP contribution in [0.4, 0.5) is 0 Å². The molecule has 3 nitrogen and oxygen atoms in total. The van der Waals surface area contributed by atoms with Gasteiger partial charge in [-0.25, -0.2) is 0 Å². The minimum absolute atomic E-state index is 0.683. The van der Waals surface area contributed by atoms with Crippen LogP contribution in [0.2, 0.25) is 0 Å². The maximum absolute atomic E-state index is 8.86. The molecule has 0 amide bonds. The van der Waals surface area contributed by atoms with Crippen LogP contribution in [0.5, 0.6) is 0 Å². The number of H-pyrrole nitrogens is 1. The van der Waals surface area contributed by atoms with Crippen LogP contribution >= 0.6 is 12.2 Å². The Morgan fingerprint density at radius 3 is 3.00 bits per heavy atom. The van der Waals surface area contributed by atoms with Crippen molar-refractivity contribution in [2.45, 2.75) is 19.9 Å². The number of aromatic nitrogens is 2. The first kappa shape index (κ1) is 11.6. The number of hydrogen-bond acceptors (Lipinski definition) is 2. The second kappa shape index (κ2) is 4.98. The van der Waals surface area contributed by atoms with E-state index >= 15 is 0 Å². The highest BCUT2D eigenvalue weighted by atomic mass is 32.1. The summed E-state index contributed by atoms with van der Waals surface area (Å²) < 4.78 is 2.79. The van der Waals surface area contributed by atoms with E-state index in [1.807, 2.05) is 24.4 Å². The Labute approximate surface area is 105 Å². The molecule has 0 fully saturated rings. The topological polar surface area (TPSA) is 44.5 Å². The highest BCUT2D eigenvalue weighted by Crippen LogP contribution is 2.10. The number of aryl methyl sites for hydroxylation is 1. The summed E-state index contributed by atoms with van der Waals surface area (Å²) in [7, 11) is 0. The Hall–Kier alpha value is -1.86. The molecule has 2 aromatic rings. The zero-order valence-corrected chi connectivity index (χ0v) is 10.4. The molecule has 1 heterocycles. The van der Waals surface area contributed by atoms with E-state index in [4.69, 9.17) is 17.5 Å². The molecule has 4 heteroatoms. The van der Waals surface area contributed by atoms with E-state index in [0.29, 0.717) is 12.1 Å². The second-order valence-electron chi connectivity index (χ2n) is 3.84. The maximum atomic E-state index is 8.86. The number of rotatable bonds is 3. The van der Waals surface area contributed by atoms with E-state index in [0.717, 1.165) is 16.8 Å². The van der Waals surface area contributed by atoms with Crippen molar-refractivity contribution in [1.29, 1.82) is 5.26 Å². The number of benzene rings is 1. The van der Waals surface area contributed by atoms with Crippen molar-refractivity contribution in [3.8, 4) is 6.07 Å². The molecule has 0 saturated heterocycles. The van der Waals surface area contributed by atoms with E-state index in [2.05, 4.69) is 22.5 Å². The molecule has 0 aliphatic heterocycles. The lowest BCUT2D eigenvalue weighted by molar-refractivity contribution is 0.736. The molecule has 1 aromatic heterocycles. The average molecular weight is 243 g/mol. The summed E-state index contributed by atoms with van der Waals surface area (Å²) >= 11 is 5.24. The zero-order valence-electron chi connectivity index (χ0n) is 9.60. The maximum Gasteiger partial charge on any atom is 0.177 e. The first-order valence-electron chi connectivity index (χ1n) is 5.50. The third-order valence-electron chi connectivity index (χ3n) is 2.71. The van der Waals surface area contributed by atoms with Gasteiger partial charge in [-0.05, 0) is 36.3 Å². The summed E-state index contributed by atoms with van der Waals surface area (Å²) in [6.45, 7) is 2.81. The van der Waals surface area contributed by atoms with Crippen LogP contribution in [0, 0.1) is 16.1 Å². The summed E-state index contributed by atoms with van der Waals surface area (Å²) in [5, 5.41) is 8.86. The normalized spacial score (nSPS) is 10.1. The number of hydrogen-bond donors (Lipinski definition) is 1. The van der Waals surface area contributed by atoms with Crippen molar-refractivity contribution in [3.05, 3.63) is 52.1 Å². The Kier molecular flexibility index (Phi) is 3.40. The zero-order chi connectivity index (χ0) is 12.3. The van der Waals surface area contributed by atoms with Crippen molar-refractivity contribution in [2.24, 2.45) is 0 Å². The van der Waals surface area contributed by atoms with Crippen LogP contribution in [0.25, 0.3) is 0 Å². The largest absolute Gasteiger partial charge is 0.337 e. The molecule has 0 saturated carbocycles. The lowest BCUT2D eigenvalue weighted by Gasteiger charge is -2.07. The van der Waals surface area contributed by atoms with Crippen LogP contribution in [0.15, 0.2) is 30.5 Å². The van der Waals surface area contributed by atoms with Gasteiger partial charge in [0, 0.05) is 11.9 Å². The number of nitrogens with one attached hydrogen (secondary N) is 1. The van der Waals surface area contributed by atoms with Crippen molar-refractivity contribution < 1.29 is 0 Å². The van der Waals surface area contributed by atoms with Gasteiger partial charge in [-0.1, -0.05) is 19.1 Å². The fourth-order valence-corrected chi connectivity index (χ4v) is 2.06. The standard InChI is InChI=1S/C13H13N3S/c1-2-12-8-15-13(17)16(12)9-11-5-3-4-10(6-11)7-14/h3-6,8H,2,9H2,1H3,(H,15,17). The molecule has 2 rings (SSSR count). The minimum Gasteiger partial charge on any atom is -0.337 e. The molecular formula is C13H13N3S. The molecule has 17 heavy (non-hydrogen) atoms. The van der Waals surface area contributed by atoms with E-state index in [-0.39, 0.29) is 0 Å². The third-order valence-corrected chi connectivity index (χ3v) is 3.05. The predicted molar refractivity (Wildman–Crippen MR) is 69.3 cm³/mol. The summed E-state index contributed by atoms with van der Waals surface area (Å²) in [5.41, 5.74) is 2.95. The highest BCUT2D eigenvalue weighted by molar-refractivity contribution is 7.71. The lowest BCUT2D eigenvalue weighted by Crippen LogP contribution is -2.03. The average Bonchev–Trinajstić information content (AvgIpc) is 2.71. The summed E-state index contributed by atoms with van der Waals surface area (Å²) in [6, 6.07) is 9.76. The number of nitrogens with zero attached hydrogens (tertiary/aromatic N) is 2. The van der Waals surface area contributed by atoms with Gasteiger partial charge in [-0.3, -0.25) is 0 Å². The van der Waals surface area contributed by atoms with Gasteiger partial charge in [0.05, 0.1) is 18.2 Å². The quantitative estimate of drug-likeness (QED) is 0.842. The van der Waals surface area contributed by atoms with Gasteiger partial charge in [0.25, 0.3) is 0 Å². The first-order chi connectivity index (χ1) is 8.24. The van der Waals surface area contributed by atoms with Crippen LogP contribution in [-0.2, 0) is 13.0 Å². The monoisotopic (exact) mass is 243 g/mol. The predicted octanol–water partition coefficient (Wildman–Crippen LogP) is 3.03. The SMILES string of the molecule is CCc1c[nH]c(=S)n1Cc1cccc(C#N)c1. The van der Waals surface area contributed by atoms with E-state index < -0.39 is 0 Å². The fourth-order valence-electron chi connectivity index (χ4n) is 1.82. The molecule has 0 radical (unpaired) electrons. The van der Waals surface area contributed by atoms with Gasteiger partial charge in [-0.15, -0.1) is 0 Å². The molecule has 0 bridgehead atoms. The molecule has 0 spiro atoms. The molecule has 1 aromatic carbocycles. The van der Waals surface area contributed by atoms with Crippen LogP contribution < -0.4 is 0 Å². The van der Waals surface area contributed by atoms with Crippen LogP contribution in [0.3, 0.4) is 0 Å². The Balaban J connectivity index is 2.34. The summed E-state index contributed by atoms with van der Waals surface area (Å²) in [6.07, 6.45) is 2.88. The van der Waals surface area contributed by atoms with E-state index in [9.17, 15) is 0 Å². The highest BCUT2D eigenvalue weighted by Gasteiger charge is 2.03. The number of imidazole rings is 1. The Morgan fingerprint density at radius 2 is 2.29 bits per heavy atom. The first-order valence-corrected chi connectivity index (χ1v) is 5.91. The van der Waals surface area contributed by atoms with Crippen LogP contribution in [-0.4, -0.2) is 9.55 Å². The van der Waals surface area contributed by atoms with Crippen LogP contribution in [0.1, 0.15) is 23.7 Å². The Bertz CT molecular complexity index is 616. The molecule has 1 N–H and O–H groups in total. The minimum atomic E-state index is 0.683.